The van der Waals surface area contributed by atoms with Gasteiger partial charge in [-0.3, -0.25) is 4.79 Å². The summed E-state index contributed by atoms with van der Waals surface area (Å²) in [5, 5.41) is 9.10. The van der Waals surface area contributed by atoms with E-state index in [0.717, 1.165) is 45.3 Å². The van der Waals surface area contributed by atoms with Crippen LogP contribution in [0.3, 0.4) is 0 Å². The molecule has 1 unspecified atom stereocenters. The van der Waals surface area contributed by atoms with Gasteiger partial charge in [-0.25, -0.2) is 0 Å². The van der Waals surface area contributed by atoms with Crippen molar-refractivity contribution >= 4 is 43.2 Å². The summed E-state index contributed by atoms with van der Waals surface area (Å²) in [5.41, 5.74) is 0. The summed E-state index contributed by atoms with van der Waals surface area (Å²) in [6.45, 7) is 4.98. The first-order valence-corrected chi connectivity index (χ1v) is 6.53. The third-order valence-electron chi connectivity index (χ3n) is 3.04. The van der Waals surface area contributed by atoms with Crippen LogP contribution in [0.5, 0.6) is 0 Å². The third kappa shape index (κ3) is 16.3. The number of hydrogen-bond donors (Lipinski definition) is 1. The Morgan fingerprint density at radius 1 is 1.00 bits per heavy atom. The highest BCUT2D eigenvalue weighted by Crippen LogP contribution is 2.13. The molecule has 7 heteroatoms. The molecule has 0 saturated heterocycles. The van der Waals surface area contributed by atoms with Crippen LogP contribution in [0.4, 0.5) is 0 Å². The molecule has 0 fully saturated rings. The van der Waals surface area contributed by atoms with Crippen LogP contribution in [0.15, 0.2) is 0 Å². The van der Waals surface area contributed by atoms with Crippen molar-refractivity contribution in [1.82, 2.24) is 9.80 Å². The number of unbranched alkanes of at least 4 members (excludes halogenated alkanes) is 1. The molecule has 4 nitrogen and oxygen atoms in total. The van der Waals surface area contributed by atoms with Crippen molar-refractivity contribution in [3.8, 4) is 0 Å². The fourth-order valence-corrected chi connectivity index (χ4v) is 1.70. The summed E-state index contributed by atoms with van der Waals surface area (Å²) >= 11 is 0. The second kappa shape index (κ2) is 17.3. The third-order valence-corrected chi connectivity index (χ3v) is 3.04. The summed E-state index contributed by atoms with van der Waals surface area (Å²) in [6, 6.07) is 0. The highest BCUT2D eigenvalue weighted by Gasteiger charge is 2.16. The van der Waals surface area contributed by atoms with Crippen LogP contribution in [0, 0.1) is 5.92 Å². The molecule has 0 radical (unpaired) electrons. The van der Waals surface area contributed by atoms with Gasteiger partial charge in [-0.1, -0.05) is 19.8 Å². The van der Waals surface area contributed by atoms with E-state index in [1.807, 2.05) is 0 Å². The first kappa shape index (κ1) is 28.4. The average Bonchev–Trinajstić information content (AvgIpc) is 2.25. The number of rotatable bonds is 10. The minimum absolute atomic E-state index is 0. The maximum Gasteiger partial charge on any atom is 0.306 e. The predicted molar refractivity (Wildman–Crippen MR) is 93.1 cm³/mol. The summed E-state index contributed by atoms with van der Waals surface area (Å²) < 4.78 is 0. The van der Waals surface area contributed by atoms with Crippen LogP contribution < -0.4 is 0 Å². The monoisotopic (exact) mass is 352 g/mol. The molecule has 0 aliphatic rings. The van der Waals surface area contributed by atoms with E-state index in [4.69, 9.17) is 5.11 Å². The number of nitrogens with zero attached hydrogens (tertiary/aromatic N) is 2. The van der Waals surface area contributed by atoms with E-state index in [2.05, 4.69) is 37.9 Å². The minimum atomic E-state index is -0.639. The van der Waals surface area contributed by atoms with Crippen molar-refractivity contribution in [3.05, 3.63) is 0 Å². The van der Waals surface area contributed by atoms with E-state index in [9.17, 15) is 4.79 Å². The quantitative estimate of drug-likeness (QED) is 0.655. The van der Waals surface area contributed by atoms with E-state index < -0.39 is 5.97 Å². The Bertz CT molecular complexity index is 220. The zero-order valence-electron chi connectivity index (χ0n) is 13.0. The number of aliphatic carboxylic acids is 1. The molecule has 0 rings (SSSR count). The van der Waals surface area contributed by atoms with Gasteiger partial charge in [0, 0.05) is 13.1 Å². The number of carboxylic acid groups (broad SMARTS) is 1. The van der Waals surface area contributed by atoms with Gasteiger partial charge in [0.15, 0.2) is 0 Å². The molecule has 0 aliphatic carbocycles. The van der Waals surface area contributed by atoms with Crippen LogP contribution in [0.25, 0.3) is 0 Å². The van der Waals surface area contributed by atoms with Gasteiger partial charge in [0.05, 0.1) is 5.92 Å². The van der Waals surface area contributed by atoms with Gasteiger partial charge in [-0.15, -0.1) is 37.2 Å². The Labute approximate surface area is 142 Å². The number of halogens is 3. The molecule has 0 heterocycles. The van der Waals surface area contributed by atoms with E-state index >= 15 is 0 Å². The Hall–Kier alpha value is 0.260. The second-order valence-electron chi connectivity index (χ2n) is 5.07. The lowest BCUT2D eigenvalue weighted by Gasteiger charge is -2.21. The number of carbonyl (C=O) groups is 1. The largest absolute Gasteiger partial charge is 0.481 e. The molecule has 0 aromatic carbocycles. The normalized spacial score (nSPS) is 11.3. The van der Waals surface area contributed by atoms with Crippen molar-refractivity contribution in [1.29, 1.82) is 0 Å². The minimum Gasteiger partial charge on any atom is -0.481 e. The second-order valence-corrected chi connectivity index (χ2v) is 5.07. The van der Waals surface area contributed by atoms with Crippen molar-refractivity contribution in [2.45, 2.75) is 32.6 Å². The van der Waals surface area contributed by atoms with Gasteiger partial charge >= 0.3 is 5.97 Å². The molecule has 0 aliphatic heterocycles. The number of carboxylic acids is 1. The molecule has 0 bridgehead atoms. The van der Waals surface area contributed by atoms with Gasteiger partial charge < -0.3 is 14.9 Å². The Morgan fingerprint density at radius 2 is 1.55 bits per heavy atom. The fraction of sp³-hybridized carbons (Fsp3) is 0.923. The van der Waals surface area contributed by atoms with Crippen molar-refractivity contribution < 1.29 is 9.90 Å². The summed E-state index contributed by atoms with van der Waals surface area (Å²) in [5.74, 6) is -0.809. The van der Waals surface area contributed by atoms with Gasteiger partial charge in [-0.2, -0.15) is 0 Å². The number of likely N-dealkylation sites (N-methyl/N-ethyl adjacent to an activating group) is 2. The Kier molecular flexibility index (Phi) is 24.6. The van der Waals surface area contributed by atoms with Crippen molar-refractivity contribution in [3.63, 3.8) is 0 Å². The fourth-order valence-electron chi connectivity index (χ4n) is 1.70. The topological polar surface area (TPSA) is 43.8 Å². The average molecular weight is 354 g/mol. The molecular weight excluding hydrogens is 323 g/mol. The van der Waals surface area contributed by atoms with Crippen molar-refractivity contribution in [2.24, 2.45) is 5.92 Å². The van der Waals surface area contributed by atoms with Crippen LogP contribution in [-0.4, -0.2) is 61.7 Å². The predicted octanol–water partition coefficient (Wildman–Crippen LogP) is 3.03. The van der Waals surface area contributed by atoms with Crippen LogP contribution in [0.1, 0.15) is 32.6 Å². The van der Waals surface area contributed by atoms with E-state index in [-0.39, 0.29) is 43.1 Å². The highest BCUT2D eigenvalue weighted by molar-refractivity contribution is 5.86. The molecule has 0 saturated carbocycles. The Balaban J connectivity index is -0.000000427. The summed E-state index contributed by atoms with van der Waals surface area (Å²) in [4.78, 5) is 15.4. The lowest BCUT2D eigenvalue weighted by molar-refractivity contribution is -0.142. The highest BCUT2D eigenvalue weighted by atomic mass is 35.5. The zero-order valence-corrected chi connectivity index (χ0v) is 15.5. The summed E-state index contributed by atoms with van der Waals surface area (Å²) in [7, 11) is 6.16. The maximum absolute atomic E-state index is 11.1. The molecule has 126 valence electrons. The lowest BCUT2D eigenvalue weighted by Crippen LogP contribution is -2.31. The van der Waals surface area contributed by atoms with Crippen LogP contribution in [0.2, 0.25) is 0 Å². The van der Waals surface area contributed by atoms with E-state index in [0.29, 0.717) is 0 Å². The molecule has 20 heavy (non-hydrogen) atoms. The van der Waals surface area contributed by atoms with E-state index in [1.165, 1.54) is 0 Å². The molecule has 0 spiro atoms. The van der Waals surface area contributed by atoms with Gasteiger partial charge in [0.1, 0.15) is 0 Å². The Morgan fingerprint density at radius 3 is 1.95 bits per heavy atom. The van der Waals surface area contributed by atoms with Crippen LogP contribution >= 0.6 is 37.2 Å². The summed E-state index contributed by atoms with van der Waals surface area (Å²) in [6.07, 6.45) is 3.66. The molecule has 0 aromatic rings. The molecule has 1 atom stereocenters. The van der Waals surface area contributed by atoms with E-state index in [1.54, 1.807) is 0 Å². The first-order chi connectivity index (χ1) is 7.97. The lowest BCUT2D eigenvalue weighted by atomic mass is 9.98. The molecule has 0 amide bonds. The molecule has 1 N–H and O–H groups in total. The van der Waals surface area contributed by atoms with Gasteiger partial charge in [0.25, 0.3) is 0 Å². The SMILES string of the molecule is CCCCC(CCN(C)CCN(C)C)C(=O)O.Cl.Cl.Cl. The van der Waals surface area contributed by atoms with Crippen molar-refractivity contribution in [2.75, 3.05) is 40.8 Å². The van der Waals surface area contributed by atoms with Gasteiger partial charge in [0.2, 0.25) is 0 Å². The number of hydrogen-bond acceptors (Lipinski definition) is 3. The first-order valence-electron chi connectivity index (χ1n) is 6.53. The van der Waals surface area contributed by atoms with Crippen LogP contribution in [-0.2, 0) is 4.79 Å². The molecule has 0 aromatic heterocycles. The smallest absolute Gasteiger partial charge is 0.306 e. The standard InChI is InChI=1S/C13H28N2O2.3ClH/c1-5-6-7-12(13(16)17)8-9-15(4)11-10-14(2)3;;;/h12H,5-11H2,1-4H3,(H,16,17);3*1H. The molecular formula is C13H31Cl3N2O2. The zero-order chi connectivity index (χ0) is 13.3. The van der Waals surface area contributed by atoms with Gasteiger partial charge in [-0.05, 0) is 40.5 Å². The maximum atomic E-state index is 11.1.